The van der Waals surface area contributed by atoms with Gasteiger partial charge in [0.2, 0.25) is 0 Å². The van der Waals surface area contributed by atoms with Crippen molar-refractivity contribution in [3.8, 4) is 5.75 Å². The maximum absolute atomic E-state index is 12.8. The van der Waals surface area contributed by atoms with Crippen LogP contribution < -0.4 is 10.1 Å². The molecular formula is C11H13ClFNO2. The number of nitrogens with one attached hydrogen (secondary N) is 1. The average molecular weight is 246 g/mol. The predicted molar refractivity (Wildman–Crippen MR) is 59.3 cm³/mol. The molecule has 88 valence electrons. The quantitative estimate of drug-likeness (QED) is 0.831. The van der Waals surface area contributed by atoms with Gasteiger partial charge >= 0.3 is 0 Å². The summed E-state index contributed by atoms with van der Waals surface area (Å²) in [7, 11) is 0. The lowest BCUT2D eigenvalue weighted by molar-refractivity contribution is 0.0163. The Hall–Kier alpha value is -0.840. The molecule has 0 aromatic heterocycles. The predicted octanol–water partition coefficient (Wildman–Crippen LogP) is 1.58. The topological polar surface area (TPSA) is 41.5 Å². The Bertz CT molecular complexity index is 375. The van der Waals surface area contributed by atoms with Crippen molar-refractivity contribution in [2.45, 2.75) is 18.6 Å². The first-order chi connectivity index (χ1) is 7.66. The number of benzene rings is 1. The molecule has 0 aliphatic carbocycles. The molecule has 5 heteroatoms. The van der Waals surface area contributed by atoms with Crippen LogP contribution in [0.3, 0.4) is 0 Å². The number of aliphatic hydroxyl groups excluding tert-OH is 1. The molecule has 0 saturated carbocycles. The number of hydrogen-bond donors (Lipinski definition) is 2. The van der Waals surface area contributed by atoms with Crippen LogP contribution in [0.4, 0.5) is 4.39 Å². The first-order valence-electron chi connectivity index (χ1n) is 5.17. The van der Waals surface area contributed by atoms with Gasteiger partial charge in [-0.25, -0.2) is 4.39 Å². The van der Waals surface area contributed by atoms with Gasteiger partial charge < -0.3 is 15.2 Å². The normalized spacial score (nSPS) is 25.4. The molecule has 1 heterocycles. The third kappa shape index (κ3) is 2.64. The Balaban J connectivity index is 2.07. The monoisotopic (exact) mass is 245 g/mol. The van der Waals surface area contributed by atoms with Crippen molar-refractivity contribution in [1.82, 2.24) is 5.32 Å². The van der Waals surface area contributed by atoms with E-state index in [1.807, 2.05) is 0 Å². The fraction of sp³-hybridized carbons (Fsp3) is 0.455. The standard InChI is InChI=1S/C11H13ClFNO2/c12-8-5-7(13)1-2-10(8)16-11-3-4-14-6-9(11)15/h1-2,5,9,11,14-15H,3-4,6H2/t9-,11-/m1/s1. The van der Waals surface area contributed by atoms with Gasteiger partial charge in [0, 0.05) is 6.54 Å². The van der Waals surface area contributed by atoms with E-state index in [1.54, 1.807) is 0 Å². The summed E-state index contributed by atoms with van der Waals surface area (Å²) in [4.78, 5) is 0. The van der Waals surface area contributed by atoms with Gasteiger partial charge in [-0.05, 0) is 31.2 Å². The molecule has 3 nitrogen and oxygen atoms in total. The summed E-state index contributed by atoms with van der Waals surface area (Å²) in [5.41, 5.74) is 0. The molecule has 0 radical (unpaired) electrons. The average Bonchev–Trinajstić information content (AvgIpc) is 2.25. The molecule has 1 aromatic carbocycles. The van der Waals surface area contributed by atoms with Crippen LogP contribution in [-0.2, 0) is 0 Å². The number of aliphatic hydroxyl groups is 1. The molecule has 0 spiro atoms. The molecule has 1 aliphatic heterocycles. The van der Waals surface area contributed by atoms with Gasteiger partial charge in [0.1, 0.15) is 23.8 Å². The first-order valence-corrected chi connectivity index (χ1v) is 5.55. The van der Waals surface area contributed by atoms with Crippen LogP contribution in [0.15, 0.2) is 18.2 Å². The second-order valence-electron chi connectivity index (χ2n) is 3.79. The molecule has 2 rings (SSSR count). The Morgan fingerprint density at radius 2 is 2.31 bits per heavy atom. The molecule has 0 amide bonds. The van der Waals surface area contributed by atoms with E-state index < -0.39 is 11.9 Å². The fourth-order valence-electron chi connectivity index (χ4n) is 1.69. The van der Waals surface area contributed by atoms with Crippen LogP contribution in [-0.4, -0.2) is 30.4 Å². The smallest absolute Gasteiger partial charge is 0.138 e. The molecule has 0 bridgehead atoms. The lowest BCUT2D eigenvalue weighted by atomic mass is 10.1. The van der Waals surface area contributed by atoms with Crippen LogP contribution in [0.1, 0.15) is 6.42 Å². The number of hydrogen-bond acceptors (Lipinski definition) is 3. The van der Waals surface area contributed by atoms with Gasteiger partial charge in [-0.15, -0.1) is 0 Å². The summed E-state index contributed by atoms with van der Waals surface area (Å²) in [6.45, 7) is 1.30. The molecule has 2 N–H and O–H groups in total. The number of β-amino-alcohol motifs (C(OH)–C–C–N with tert-alkyl or cyclic N) is 1. The zero-order valence-electron chi connectivity index (χ0n) is 8.62. The highest BCUT2D eigenvalue weighted by Gasteiger charge is 2.25. The van der Waals surface area contributed by atoms with Gasteiger partial charge in [0.25, 0.3) is 0 Å². The van der Waals surface area contributed by atoms with E-state index in [2.05, 4.69) is 5.32 Å². The summed E-state index contributed by atoms with van der Waals surface area (Å²) < 4.78 is 18.4. The minimum absolute atomic E-state index is 0.228. The highest BCUT2D eigenvalue weighted by atomic mass is 35.5. The second-order valence-corrected chi connectivity index (χ2v) is 4.20. The molecule has 0 unspecified atom stereocenters. The largest absolute Gasteiger partial charge is 0.486 e. The fourth-order valence-corrected chi connectivity index (χ4v) is 1.90. The van der Waals surface area contributed by atoms with Crippen LogP contribution in [0.25, 0.3) is 0 Å². The van der Waals surface area contributed by atoms with Crippen molar-refractivity contribution in [2.24, 2.45) is 0 Å². The van der Waals surface area contributed by atoms with Gasteiger partial charge in [-0.2, -0.15) is 0 Å². The summed E-state index contributed by atoms with van der Waals surface area (Å²) in [6, 6.07) is 3.96. The summed E-state index contributed by atoms with van der Waals surface area (Å²) in [5.74, 6) is 0.0113. The number of rotatable bonds is 2. The summed E-state index contributed by atoms with van der Waals surface area (Å²) in [5, 5.41) is 12.9. The minimum Gasteiger partial charge on any atom is -0.486 e. The molecule has 1 saturated heterocycles. The van der Waals surface area contributed by atoms with Crippen molar-refractivity contribution in [3.05, 3.63) is 29.0 Å². The van der Waals surface area contributed by atoms with E-state index in [0.29, 0.717) is 18.7 Å². The van der Waals surface area contributed by atoms with E-state index in [4.69, 9.17) is 16.3 Å². The lowest BCUT2D eigenvalue weighted by Crippen LogP contribution is -2.46. The maximum Gasteiger partial charge on any atom is 0.138 e. The van der Waals surface area contributed by atoms with Crippen molar-refractivity contribution in [3.63, 3.8) is 0 Å². The Labute approximate surface area is 98.2 Å². The van der Waals surface area contributed by atoms with Gasteiger partial charge in [0.15, 0.2) is 0 Å². The van der Waals surface area contributed by atoms with Crippen molar-refractivity contribution in [2.75, 3.05) is 13.1 Å². The van der Waals surface area contributed by atoms with Gasteiger partial charge in [-0.3, -0.25) is 0 Å². The molecule has 16 heavy (non-hydrogen) atoms. The molecule has 2 atom stereocenters. The number of halogens is 2. The second kappa shape index (κ2) is 4.99. The van der Waals surface area contributed by atoms with Gasteiger partial charge in [0.05, 0.1) is 5.02 Å². The summed E-state index contributed by atoms with van der Waals surface area (Å²) in [6.07, 6.45) is -0.145. The zero-order chi connectivity index (χ0) is 11.5. The zero-order valence-corrected chi connectivity index (χ0v) is 9.38. The third-order valence-electron chi connectivity index (χ3n) is 2.56. The minimum atomic E-state index is -0.560. The SMILES string of the molecule is O[C@@H]1CNCC[C@H]1Oc1ccc(F)cc1Cl. The van der Waals surface area contributed by atoms with Crippen molar-refractivity contribution in [1.29, 1.82) is 0 Å². The molecular weight excluding hydrogens is 233 g/mol. The number of piperidine rings is 1. The van der Waals surface area contributed by atoms with E-state index >= 15 is 0 Å². The molecule has 1 aromatic rings. The van der Waals surface area contributed by atoms with E-state index in [-0.39, 0.29) is 11.1 Å². The van der Waals surface area contributed by atoms with Crippen molar-refractivity contribution >= 4 is 11.6 Å². The Morgan fingerprint density at radius 1 is 1.50 bits per heavy atom. The van der Waals surface area contributed by atoms with Crippen LogP contribution >= 0.6 is 11.6 Å². The Kier molecular flexibility index (Phi) is 3.63. The van der Waals surface area contributed by atoms with Crippen LogP contribution in [0, 0.1) is 5.82 Å². The maximum atomic E-state index is 12.8. The van der Waals surface area contributed by atoms with Crippen LogP contribution in [0.5, 0.6) is 5.75 Å². The Morgan fingerprint density at radius 3 is 3.00 bits per heavy atom. The molecule has 1 fully saturated rings. The van der Waals surface area contributed by atoms with Gasteiger partial charge in [-0.1, -0.05) is 11.6 Å². The summed E-state index contributed by atoms with van der Waals surface area (Å²) >= 11 is 5.83. The third-order valence-corrected chi connectivity index (χ3v) is 2.86. The highest BCUT2D eigenvalue weighted by Crippen LogP contribution is 2.27. The van der Waals surface area contributed by atoms with E-state index in [9.17, 15) is 9.50 Å². The van der Waals surface area contributed by atoms with Crippen LogP contribution in [0.2, 0.25) is 5.02 Å². The highest BCUT2D eigenvalue weighted by molar-refractivity contribution is 6.32. The number of ether oxygens (including phenoxy) is 1. The molecule has 1 aliphatic rings. The lowest BCUT2D eigenvalue weighted by Gasteiger charge is -2.29. The van der Waals surface area contributed by atoms with E-state index in [0.717, 1.165) is 6.54 Å². The van der Waals surface area contributed by atoms with Crippen molar-refractivity contribution < 1.29 is 14.2 Å². The first kappa shape index (κ1) is 11.6. The van der Waals surface area contributed by atoms with E-state index in [1.165, 1.54) is 18.2 Å².